The number of carbonyl (C=O) groups is 1. The van der Waals surface area contributed by atoms with Crippen LogP contribution < -0.4 is 5.32 Å². The van der Waals surface area contributed by atoms with Crippen LogP contribution >= 0.6 is 0 Å². The van der Waals surface area contributed by atoms with Crippen LogP contribution in [0.2, 0.25) is 0 Å². The van der Waals surface area contributed by atoms with E-state index in [0.717, 1.165) is 5.56 Å². The molecule has 0 aliphatic carbocycles. The predicted molar refractivity (Wildman–Crippen MR) is 92.6 cm³/mol. The number of carbonyl (C=O) groups excluding carboxylic acids is 1. The van der Waals surface area contributed by atoms with Crippen molar-refractivity contribution in [3.05, 3.63) is 47.9 Å². The molecule has 2 atom stereocenters. The van der Waals surface area contributed by atoms with E-state index in [9.17, 15) is 17.6 Å². The van der Waals surface area contributed by atoms with Crippen molar-refractivity contribution in [2.24, 2.45) is 0 Å². The Morgan fingerprint density at radius 2 is 2.08 bits per heavy atom. The van der Waals surface area contributed by atoms with Gasteiger partial charge in [0, 0.05) is 12.5 Å². The maximum Gasteiger partial charge on any atom is 0.226 e. The first-order chi connectivity index (χ1) is 11.8. The molecular weight excluding hydrogens is 345 g/mol. The van der Waals surface area contributed by atoms with Crippen molar-refractivity contribution in [1.29, 1.82) is 0 Å². The van der Waals surface area contributed by atoms with Crippen molar-refractivity contribution in [1.82, 2.24) is 9.78 Å². The Morgan fingerprint density at radius 3 is 2.72 bits per heavy atom. The highest BCUT2D eigenvalue weighted by Crippen LogP contribution is 2.26. The summed E-state index contributed by atoms with van der Waals surface area (Å²) in [6.07, 6.45) is 2.28. The summed E-state index contributed by atoms with van der Waals surface area (Å²) in [5.74, 6) is 0.119. The van der Waals surface area contributed by atoms with Gasteiger partial charge in [0.25, 0.3) is 0 Å². The lowest BCUT2D eigenvalue weighted by molar-refractivity contribution is -0.116. The average molecular weight is 365 g/mol. The molecule has 1 N–H and O–H groups in total. The van der Waals surface area contributed by atoms with Gasteiger partial charge in [0.1, 0.15) is 11.6 Å². The topological polar surface area (TPSA) is 81.1 Å². The monoisotopic (exact) mass is 365 g/mol. The highest BCUT2D eigenvalue weighted by Gasteiger charge is 2.31. The maximum absolute atomic E-state index is 13.0. The Bertz CT molecular complexity index is 862. The molecule has 2 aromatic rings. The third-order valence-electron chi connectivity index (χ3n) is 4.42. The molecule has 0 unspecified atom stereocenters. The van der Waals surface area contributed by atoms with Gasteiger partial charge in [-0.3, -0.25) is 4.79 Å². The van der Waals surface area contributed by atoms with Crippen molar-refractivity contribution in [3.8, 4) is 0 Å². The number of aromatic nitrogens is 2. The second kappa shape index (κ2) is 6.95. The number of nitrogens with one attached hydrogen (secondary N) is 1. The summed E-state index contributed by atoms with van der Waals surface area (Å²) in [5, 5.41) is 6.96. The first kappa shape index (κ1) is 17.6. The van der Waals surface area contributed by atoms with Gasteiger partial charge in [0.2, 0.25) is 5.91 Å². The molecular formula is C17H20FN3O3S. The number of anilines is 1. The van der Waals surface area contributed by atoms with Crippen molar-refractivity contribution >= 4 is 21.6 Å². The minimum atomic E-state index is -3.03. The van der Waals surface area contributed by atoms with Crippen LogP contribution in [0.5, 0.6) is 0 Å². The minimum absolute atomic E-state index is 0.0452. The average Bonchev–Trinajstić information content (AvgIpc) is 3.13. The standard InChI is InChI=1S/C17H20FN3O3S/c1-12(13-2-4-14(18)5-3-13)10-17(22)20-16-6-8-19-21(16)15-7-9-25(23,24)11-15/h2-6,8,12,15H,7,9-11H2,1H3,(H,20,22)/t12-,15-/m1/s1. The number of amides is 1. The zero-order valence-corrected chi connectivity index (χ0v) is 14.7. The highest BCUT2D eigenvalue weighted by molar-refractivity contribution is 7.91. The minimum Gasteiger partial charge on any atom is -0.311 e. The number of hydrogen-bond donors (Lipinski definition) is 1. The lowest BCUT2D eigenvalue weighted by Gasteiger charge is -2.15. The van der Waals surface area contributed by atoms with Crippen molar-refractivity contribution in [2.75, 3.05) is 16.8 Å². The van der Waals surface area contributed by atoms with E-state index in [1.54, 1.807) is 29.1 Å². The van der Waals surface area contributed by atoms with Crippen LogP contribution in [-0.2, 0) is 14.6 Å². The lowest BCUT2D eigenvalue weighted by atomic mass is 9.97. The van der Waals surface area contributed by atoms with E-state index in [-0.39, 0.29) is 41.6 Å². The number of hydrogen-bond acceptors (Lipinski definition) is 4. The van der Waals surface area contributed by atoms with Gasteiger partial charge < -0.3 is 5.32 Å². The van der Waals surface area contributed by atoms with Crippen LogP contribution in [0, 0.1) is 5.82 Å². The van der Waals surface area contributed by atoms with E-state index in [4.69, 9.17) is 0 Å². The number of benzene rings is 1. The molecule has 0 radical (unpaired) electrons. The summed E-state index contributed by atoms with van der Waals surface area (Å²) in [4.78, 5) is 12.3. The van der Waals surface area contributed by atoms with Gasteiger partial charge in [0.05, 0.1) is 23.7 Å². The Labute approximate surface area is 146 Å². The van der Waals surface area contributed by atoms with E-state index in [2.05, 4.69) is 10.4 Å². The number of sulfone groups is 1. The fourth-order valence-electron chi connectivity index (χ4n) is 3.05. The summed E-state index contributed by atoms with van der Waals surface area (Å²) < 4.78 is 37.8. The number of halogens is 1. The van der Waals surface area contributed by atoms with Crippen LogP contribution in [0.15, 0.2) is 36.5 Å². The van der Waals surface area contributed by atoms with E-state index in [1.807, 2.05) is 6.92 Å². The van der Waals surface area contributed by atoms with Crippen molar-refractivity contribution in [3.63, 3.8) is 0 Å². The molecule has 1 aromatic heterocycles. The summed E-state index contributed by atoms with van der Waals surface area (Å²) in [6, 6.07) is 7.50. The molecule has 1 saturated heterocycles. The van der Waals surface area contributed by atoms with Gasteiger partial charge in [-0.25, -0.2) is 17.5 Å². The van der Waals surface area contributed by atoms with E-state index in [1.165, 1.54) is 12.1 Å². The third kappa shape index (κ3) is 4.25. The zero-order chi connectivity index (χ0) is 18.0. The molecule has 6 nitrogen and oxygen atoms in total. The van der Waals surface area contributed by atoms with E-state index >= 15 is 0 Å². The van der Waals surface area contributed by atoms with E-state index in [0.29, 0.717) is 12.2 Å². The van der Waals surface area contributed by atoms with Gasteiger partial charge in [0.15, 0.2) is 9.84 Å². The summed E-state index contributed by atoms with van der Waals surface area (Å²) in [5.41, 5.74) is 0.881. The van der Waals surface area contributed by atoms with Gasteiger partial charge in [-0.1, -0.05) is 19.1 Å². The molecule has 1 amide bonds. The van der Waals surface area contributed by atoms with Gasteiger partial charge >= 0.3 is 0 Å². The Balaban J connectivity index is 1.64. The van der Waals surface area contributed by atoms with Gasteiger partial charge in [-0.2, -0.15) is 5.10 Å². The lowest BCUT2D eigenvalue weighted by Crippen LogP contribution is -2.20. The summed E-state index contributed by atoms with van der Waals surface area (Å²) in [7, 11) is -3.03. The fraction of sp³-hybridized carbons (Fsp3) is 0.412. The van der Waals surface area contributed by atoms with Crippen molar-refractivity contribution in [2.45, 2.75) is 31.7 Å². The molecule has 8 heteroatoms. The number of nitrogens with zero attached hydrogens (tertiary/aromatic N) is 2. The molecule has 1 fully saturated rings. The Kier molecular flexibility index (Phi) is 4.89. The molecule has 25 heavy (non-hydrogen) atoms. The molecule has 134 valence electrons. The van der Waals surface area contributed by atoms with Crippen LogP contribution in [0.4, 0.5) is 10.2 Å². The van der Waals surface area contributed by atoms with Crippen LogP contribution in [-0.4, -0.2) is 35.6 Å². The maximum atomic E-state index is 13.0. The van der Waals surface area contributed by atoms with Crippen LogP contribution in [0.1, 0.15) is 37.3 Å². The molecule has 1 aliphatic heterocycles. The Morgan fingerprint density at radius 1 is 1.36 bits per heavy atom. The molecule has 2 heterocycles. The largest absolute Gasteiger partial charge is 0.311 e. The quantitative estimate of drug-likeness (QED) is 0.883. The molecule has 0 spiro atoms. The first-order valence-electron chi connectivity index (χ1n) is 8.13. The van der Waals surface area contributed by atoms with Crippen LogP contribution in [0.3, 0.4) is 0 Å². The van der Waals surface area contributed by atoms with Crippen LogP contribution in [0.25, 0.3) is 0 Å². The van der Waals surface area contributed by atoms with Gasteiger partial charge in [-0.05, 0) is 30.0 Å². The van der Waals surface area contributed by atoms with Crippen molar-refractivity contribution < 1.29 is 17.6 Å². The molecule has 0 bridgehead atoms. The predicted octanol–water partition coefficient (Wildman–Crippen LogP) is 2.51. The first-order valence-corrected chi connectivity index (χ1v) is 9.95. The normalized spacial score (nSPS) is 20.3. The number of rotatable bonds is 5. The highest BCUT2D eigenvalue weighted by atomic mass is 32.2. The van der Waals surface area contributed by atoms with Gasteiger partial charge in [-0.15, -0.1) is 0 Å². The molecule has 1 aliphatic rings. The zero-order valence-electron chi connectivity index (χ0n) is 13.9. The second-order valence-corrected chi connectivity index (χ2v) is 8.65. The SMILES string of the molecule is C[C@H](CC(=O)Nc1ccnn1[C@@H]1CCS(=O)(=O)C1)c1ccc(F)cc1. The summed E-state index contributed by atoms with van der Waals surface area (Å²) >= 11 is 0. The summed E-state index contributed by atoms with van der Waals surface area (Å²) in [6.45, 7) is 1.90. The molecule has 0 saturated carbocycles. The third-order valence-corrected chi connectivity index (χ3v) is 6.17. The second-order valence-electron chi connectivity index (χ2n) is 6.42. The Hall–Kier alpha value is -2.22. The fourth-order valence-corrected chi connectivity index (χ4v) is 4.75. The van der Waals surface area contributed by atoms with E-state index < -0.39 is 9.84 Å². The molecule has 3 rings (SSSR count). The molecule has 1 aromatic carbocycles. The smallest absolute Gasteiger partial charge is 0.226 e.